The smallest absolute Gasteiger partial charge is 0.251 e. The number of carbonyl (C=O) groups excluding carboxylic acids is 3. The highest BCUT2D eigenvalue weighted by Gasteiger charge is 2.16. The molecule has 0 fully saturated rings. The minimum atomic E-state index is -0.710. The molecule has 0 saturated heterocycles. The number of amides is 3. The molecule has 0 heterocycles. The van der Waals surface area contributed by atoms with E-state index in [4.69, 9.17) is 0 Å². The first-order valence-electron chi connectivity index (χ1n) is 10.1. The molecule has 0 aliphatic heterocycles. The van der Waals surface area contributed by atoms with Crippen LogP contribution in [-0.4, -0.2) is 30.3 Å². The third-order valence-electron chi connectivity index (χ3n) is 4.74. The lowest BCUT2D eigenvalue weighted by Gasteiger charge is -2.14. The Hall–Kier alpha value is -3.93. The third kappa shape index (κ3) is 6.54. The number of hydrogen-bond donors (Lipinski definition) is 3. The van der Waals surface area contributed by atoms with Crippen molar-refractivity contribution in [2.45, 2.75) is 19.5 Å². The summed E-state index contributed by atoms with van der Waals surface area (Å²) in [6.07, 6.45) is 0. The van der Waals surface area contributed by atoms with E-state index in [0.717, 1.165) is 16.7 Å². The van der Waals surface area contributed by atoms with Crippen LogP contribution in [0.5, 0.6) is 0 Å². The summed E-state index contributed by atoms with van der Waals surface area (Å²) in [6.45, 7) is 1.77. The largest absolute Gasteiger partial charge is 0.350 e. The number of benzene rings is 3. The quantitative estimate of drug-likeness (QED) is 0.529. The fraction of sp³-hybridized carbons (Fsp3) is 0.160. The van der Waals surface area contributed by atoms with Crippen molar-refractivity contribution in [2.24, 2.45) is 0 Å². The number of rotatable bonds is 8. The van der Waals surface area contributed by atoms with Crippen molar-refractivity contribution in [1.82, 2.24) is 16.0 Å². The van der Waals surface area contributed by atoms with E-state index < -0.39 is 11.9 Å². The molecule has 3 aromatic rings. The summed E-state index contributed by atoms with van der Waals surface area (Å²) in [4.78, 5) is 36.6. The Balaban J connectivity index is 1.43. The lowest BCUT2D eigenvalue weighted by molar-refractivity contribution is -0.128. The minimum Gasteiger partial charge on any atom is -0.350 e. The zero-order valence-corrected chi connectivity index (χ0v) is 17.3. The Morgan fingerprint density at radius 3 is 1.97 bits per heavy atom. The van der Waals surface area contributed by atoms with Crippen LogP contribution in [0.2, 0.25) is 0 Å². The number of hydrogen-bond acceptors (Lipinski definition) is 3. The van der Waals surface area contributed by atoms with Crippen LogP contribution in [0.15, 0.2) is 84.9 Å². The van der Waals surface area contributed by atoms with Gasteiger partial charge >= 0.3 is 0 Å². The Kier molecular flexibility index (Phi) is 7.54. The first-order chi connectivity index (χ1) is 15.0. The van der Waals surface area contributed by atoms with Crippen molar-refractivity contribution in [3.63, 3.8) is 0 Å². The Bertz CT molecular complexity index is 1020. The molecule has 3 N–H and O–H groups in total. The Morgan fingerprint density at radius 2 is 1.32 bits per heavy atom. The fourth-order valence-electron chi connectivity index (χ4n) is 3.00. The molecule has 0 bridgehead atoms. The lowest BCUT2D eigenvalue weighted by Crippen LogP contribution is -2.47. The predicted octanol–water partition coefficient (Wildman–Crippen LogP) is 2.90. The molecule has 0 radical (unpaired) electrons. The summed E-state index contributed by atoms with van der Waals surface area (Å²) in [5.41, 5.74) is 3.50. The minimum absolute atomic E-state index is 0.213. The van der Waals surface area contributed by atoms with E-state index in [1.807, 2.05) is 72.8 Å². The summed E-state index contributed by atoms with van der Waals surface area (Å²) < 4.78 is 0. The topological polar surface area (TPSA) is 87.3 Å². The summed E-state index contributed by atoms with van der Waals surface area (Å²) in [5.74, 6) is -1.08. The maximum Gasteiger partial charge on any atom is 0.251 e. The molecule has 31 heavy (non-hydrogen) atoms. The molecule has 158 valence electrons. The monoisotopic (exact) mass is 415 g/mol. The average molecular weight is 415 g/mol. The van der Waals surface area contributed by atoms with Crippen LogP contribution in [0, 0.1) is 0 Å². The summed E-state index contributed by atoms with van der Waals surface area (Å²) in [7, 11) is 0. The van der Waals surface area contributed by atoms with Gasteiger partial charge in [0.25, 0.3) is 5.91 Å². The van der Waals surface area contributed by atoms with Gasteiger partial charge in [-0.3, -0.25) is 14.4 Å². The van der Waals surface area contributed by atoms with Crippen LogP contribution in [0.3, 0.4) is 0 Å². The third-order valence-corrected chi connectivity index (χ3v) is 4.74. The Labute approximate surface area is 181 Å². The molecule has 6 nitrogen and oxygen atoms in total. The number of carbonyl (C=O) groups is 3. The molecule has 3 rings (SSSR count). The van der Waals surface area contributed by atoms with Gasteiger partial charge in [0.15, 0.2) is 0 Å². The second kappa shape index (κ2) is 10.7. The first-order valence-corrected chi connectivity index (χ1v) is 10.1. The molecular formula is C25H25N3O3. The van der Waals surface area contributed by atoms with Crippen molar-refractivity contribution in [3.8, 4) is 11.1 Å². The van der Waals surface area contributed by atoms with Crippen molar-refractivity contribution >= 4 is 17.7 Å². The highest BCUT2D eigenvalue weighted by atomic mass is 16.2. The van der Waals surface area contributed by atoms with Crippen molar-refractivity contribution in [1.29, 1.82) is 0 Å². The molecule has 0 spiro atoms. The second-order valence-electron chi connectivity index (χ2n) is 7.12. The molecule has 3 amide bonds. The van der Waals surface area contributed by atoms with Crippen molar-refractivity contribution in [2.75, 3.05) is 6.54 Å². The molecule has 0 aliphatic carbocycles. The Morgan fingerprint density at radius 1 is 0.742 bits per heavy atom. The van der Waals surface area contributed by atoms with Crippen LogP contribution in [0.1, 0.15) is 22.8 Å². The zero-order valence-electron chi connectivity index (χ0n) is 17.3. The van der Waals surface area contributed by atoms with Gasteiger partial charge in [-0.2, -0.15) is 0 Å². The van der Waals surface area contributed by atoms with E-state index >= 15 is 0 Å². The molecule has 3 aromatic carbocycles. The molecular weight excluding hydrogens is 390 g/mol. The first kappa shape index (κ1) is 21.8. The summed E-state index contributed by atoms with van der Waals surface area (Å²) in [6, 6.07) is 25.8. The van der Waals surface area contributed by atoms with Gasteiger partial charge in [0.2, 0.25) is 11.8 Å². The second-order valence-corrected chi connectivity index (χ2v) is 7.12. The molecule has 1 unspecified atom stereocenters. The van der Waals surface area contributed by atoms with Gasteiger partial charge in [0, 0.05) is 12.1 Å². The zero-order chi connectivity index (χ0) is 22.1. The van der Waals surface area contributed by atoms with Gasteiger partial charge in [0.1, 0.15) is 6.04 Å². The van der Waals surface area contributed by atoms with Crippen LogP contribution >= 0.6 is 0 Å². The standard InChI is InChI=1S/C25H25N3O3/c1-18(24(30)26-16-19-8-4-2-5-9-19)28-23(29)17-27-25(31)22-14-12-21(13-15-22)20-10-6-3-7-11-20/h2-15,18H,16-17H2,1H3,(H,26,30)(H,27,31)(H,28,29). The molecule has 0 saturated carbocycles. The van der Waals surface area contributed by atoms with Crippen molar-refractivity contribution in [3.05, 3.63) is 96.1 Å². The molecule has 6 heteroatoms. The maximum absolute atomic E-state index is 12.3. The molecule has 0 aliphatic rings. The average Bonchev–Trinajstić information content (AvgIpc) is 2.82. The van der Waals surface area contributed by atoms with E-state index in [1.165, 1.54) is 0 Å². The SMILES string of the molecule is CC(NC(=O)CNC(=O)c1ccc(-c2ccccc2)cc1)C(=O)NCc1ccccc1. The molecule has 1 atom stereocenters. The lowest BCUT2D eigenvalue weighted by atomic mass is 10.0. The van der Waals surface area contributed by atoms with Gasteiger partial charge in [-0.05, 0) is 35.7 Å². The van der Waals surface area contributed by atoms with Gasteiger partial charge < -0.3 is 16.0 Å². The van der Waals surface area contributed by atoms with E-state index in [-0.39, 0.29) is 18.4 Å². The predicted molar refractivity (Wildman–Crippen MR) is 120 cm³/mol. The van der Waals surface area contributed by atoms with Crippen LogP contribution in [0.25, 0.3) is 11.1 Å². The van der Waals surface area contributed by atoms with E-state index in [9.17, 15) is 14.4 Å². The maximum atomic E-state index is 12.3. The van der Waals surface area contributed by atoms with Crippen LogP contribution in [0.4, 0.5) is 0 Å². The fourth-order valence-corrected chi connectivity index (χ4v) is 3.00. The van der Waals surface area contributed by atoms with Crippen LogP contribution in [-0.2, 0) is 16.1 Å². The van der Waals surface area contributed by atoms with Crippen molar-refractivity contribution < 1.29 is 14.4 Å². The van der Waals surface area contributed by atoms with Crippen LogP contribution < -0.4 is 16.0 Å². The van der Waals surface area contributed by atoms with Gasteiger partial charge in [0.05, 0.1) is 6.54 Å². The van der Waals surface area contributed by atoms with E-state index in [1.54, 1.807) is 19.1 Å². The summed E-state index contributed by atoms with van der Waals surface area (Å²) >= 11 is 0. The normalized spacial score (nSPS) is 11.3. The molecule has 0 aromatic heterocycles. The number of nitrogens with one attached hydrogen (secondary N) is 3. The summed E-state index contributed by atoms with van der Waals surface area (Å²) in [5, 5.41) is 7.94. The van der Waals surface area contributed by atoms with E-state index in [0.29, 0.717) is 12.1 Å². The van der Waals surface area contributed by atoms with Gasteiger partial charge in [-0.1, -0.05) is 72.8 Å². The van der Waals surface area contributed by atoms with Gasteiger partial charge in [-0.15, -0.1) is 0 Å². The van der Waals surface area contributed by atoms with E-state index in [2.05, 4.69) is 16.0 Å². The van der Waals surface area contributed by atoms with Gasteiger partial charge in [-0.25, -0.2) is 0 Å². The highest BCUT2D eigenvalue weighted by Crippen LogP contribution is 2.19. The highest BCUT2D eigenvalue weighted by molar-refractivity contribution is 5.97.